The molecular weight excluding hydrogens is 361 g/mol. The first-order valence-corrected chi connectivity index (χ1v) is 8.16. The second-order valence-corrected chi connectivity index (χ2v) is 5.86. The number of nitrogens with zero attached hydrogens (tertiary/aromatic N) is 3. The summed E-state index contributed by atoms with van der Waals surface area (Å²) in [5.74, 6) is 0.733. The number of hydrogen-bond donors (Lipinski definition) is 1. The van der Waals surface area contributed by atoms with Gasteiger partial charge in [0.25, 0.3) is 0 Å². The van der Waals surface area contributed by atoms with Crippen molar-refractivity contribution in [3.8, 4) is 5.75 Å². The number of ether oxygens (including phenoxy) is 1. The molecule has 0 bridgehead atoms. The summed E-state index contributed by atoms with van der Waals surface area (Å²) in [5.41, 5.74) is 1.18. The third-order valence-corrected chi connectivity index (χ3v) is 4.02. The standard InChI is InChI=1S/C18H17F3N4O2/c1-27-14-5-3-13(4-6-14)15-8-9-25(24-15)17(26)23-11-12-2-7-16(22-10-12)18(19,20)21/h2-7,10H,8-9,11H2,1H3,(H,23,26). The van der Waals surface area contributed by atoms with E-state index in [9.17, 15) is 18.0 Å². The maximum Gasteiger partial charge on any atom is 0.433 e. The van der Waals surface area contributed by atoms with E-state index in [4.69, 9.17) is 4.74 Å². The van der Waals surface area contributed by atoms with Crippen molar-refractivity contribution < 1.29 is 22.7 Å². The van der Waals surface area contributed by atoms with Gasteiger partial charge in [0, 0.05) is 19.2 Å². The average Bonchev–Trinajstić information content (AvgIpc) is 3.16. The number of carbonyl (C=O) groups is 1. The Morgan fingerprint density at radius 2 is 1.96 bits per heavy atom. The predicted octanol–water partition coefficient (Wildman–Crippen LogP) is 3.43. The minimum absolute atomic E-state index is 0.0634. The lowest BCUT2D eigenvalue weighted by Gasteiger charge is -2.13. The van der Waals surface area contributed by atoms with Crippen molar-refractivity contribution in [1.29, 1.82) is 0 Å². The quantitative estimate of drug-likeness (QED) is 0.886. The lowest BCUT2D eigenvalue weighted by molar-refractivity contribution is -0.141. The summed E-state index contributed by atoms with van der Waals surface area (Å²) in [6.45, 7) is 0.492. The molecule has 1 aromatic carbocycles. The van der Waals surface area contributed by atoms with E-state index in [0.717, 1.165) is 29.3 Å². The Balaban J connectivity index is 1.57. The molecule has 2 aromatic rings. The first-order chi connectivity index (χ1) is 12.9. The van der Waals surface area contributed by atoms with Crippen LogP contribution in [0.1, 0.15) is 23.2 Å². The molecule has 142 valence electrons. The lowest BCUT2D eigenvalue weighted by Crippen LogP contribution is -2.34. The number of pyridine rings is 1. The van der Waals surface area contributed by atoms with Crippen LogP contribution in [0.2, 0.25) is 0 Å². The molecule has 0 spiro atoms. The Kier molecular flexibility index (Phi) is 5.29. The largest absolute Gasteiger partial charge is 0.497 e. The molecule has 27 heavy (non-hydrogen) atoms. The Morgan fingerprint density at radius 1 is 1.22 bits per heavy atom. The number of amides is 2. The normalized spacial score (nSPS) is 14.1. The number of alkyl halides is 3. The molecule has 1 N–H and O–H groups in total. The fourth-order valence-electron chi connectivity index (χ4n) is 2.56. The molecule has 0 saturated carbocycles. The van der Waals surface area contributed by atoms with Gasteiger partial charge in [0.05, 0.1) is 19.4 Å². The minimum atomic E-state index is -4.48. The highest BCUT2D eigenvalue weighted by molar-refractivity contribution is 6.02. The van der Waals surface area contributed by atoms with Gasteiger partial charge < -0.3 is 10.1 Å². The van der Waals surface area contributed by atoms with Gasteiger partial charge in [-0.2, -0.15) is 18.3 Å². The van der Waals surface area contributed by atoms with E-state index in [-0.39, 0.29) is 6.54 Å². The average molecular weight is 378 g/mol. The van der Waals surface area contributed by atoms with Gasteiger partial charge in [0.15, 0.2) is 0 Å². The van der Waals surface area contributed by atoms with Crippen molar-refractivity contribution in [2.24, 2.45) is 5.10 Å². The molecule has 0 atom stereocenters. The van der Waals surface area contributed by atoms with Crippen LogP contribution in [-0.4, -0.2) is 35.4 Å². The number of nitrogens with one attached hydrogen (secondary N) is 1. The van der Waals surface area contributed by atoms with Gasteiger partial charge in [0.1, 0.15) is 11.4 Å². The molecule has 2 amide bonds. The summed E-state index contributed by atoms with van der Waals surface area (Å²) >= 11 is 0. The molecule has 0 saturated heterocycles. The Hall–Kier alpha value is -3.10. The fourth-order valence-corrected chi connectivity index (χ4v) is 2.56. The second kappa shape index (κ2) is 7.65. The summed E-state index contributed by atoms with van der Waals surface area (Å²) in [6, 6.07) is 9.12. The van der Waals surface area contributed by atoms with Gasteiger partial charge in [-0.1, -0.05) is 6.07 Å². The van der Waals surface area contributed by atoms with E-state index < -0.39 is 17.9 Å². The maximum absolute atomic E-state index is 12.5. The fraction of sp³-hybridized carbons (Fsp3) is 0.278. The topological polar surface area (TPSA) is 66.8 Å². The van der Waals surface area contributed by atoms with Crippen LogP contribution >= 0.6 is 0 Å². The minimum Gasteiger partial charge on any atom is -0.497 e. The molecule has 0 fully saturated rings. The van der Waals surface area contributed by atoms with Crippen LogP contribution in [0.15, 0.2) is 47.7 Å². The number of benzene rings is 1. The monoisotopic (exact) mass is 378 g/mol. The van der Waals surface area contributed by atoms with Gasteiger partial charge in [-0.25, -0.2) is 9.80 Å². The SMILES string of the molecule is COc1ccc(C2=NN(C(=O)NCc3ccc(C(F)(F)F)nc3)CC2)cc1. The number of carbonyl (C=O) groups excluding carboxylic acids is 1. The zero-order valence-corrected chi connectivity index (χ0v) is 14.5. The van der Waals surface area contributed by atoms with Crippen LogP contribution in [0, 0.1) is 0 Å². The van der Waals surface area contributed by atoms with Crippen molar-refractivity contribution in [1.82, 2.24) is 15.3 Å². The number of rotatable bonds is 4. The molecule has 1 aliphatic rings. The molecule has 1 aliphatic heterocycles. The molecule has 2 heterocycles. The maximum atomic E-state index is 12.5. The van der Waals surface area contributed by atoms with Crippen LogP contribution in [0.25, 0.3) is 0 Å². The van der Waals surface area contributed by atoms with Crippen LogP contribution in [0.4, 0.5) is 18.0 Å². The number of urea groups is 1. The van der Waals surface area contributed by atoms with Gasteiger partial charge >= 0.3 is 12.2 Å². The van der Waals surface area contributed by atoms with E-state index >= 15 is 0 Å². The third kappa shape index (κ3) is 4.55. The third-order valence-electron chi connectivity index (χ3n) is 4.02. The number of hydrazone groups is 1. The highest BCUT2D eigenvalue weighted by Gasteiger charge is 2.32. The summed E-state index contributed by atoms with van der Waals surface area (Å²) in [7, 11) is 1.58. The van der Waals surface area contributed by atoms with Crippen LogP contribution in [0.5, 0.6) is 5.75 Å². The first kappa shape index (κ1) is 18.7. The molecular formula is C18H17F3N4O2. The number of methoxy groups -OCH3 is 1. The Labute approximate surface area is 153 Å². The number of halogens is 3. The molecule has 0 aliphatic carbocycles. The van der Waals surface area contributed by atoms with E-state index in [1.165, 1.54) is 11.1 Å². The van der Waals surface area contributed by atoms with Gasteiger partial charge in [-0.15, -0.1) is 0 Å². The molecule has 1 aromatic heterocycles. The molecule has 0 radical (unpaired) electrons. The van der Waals surface area contributed by atoms with Crippen molar-refractivity contribution in [3.05, 3.63) is 59.4 Å². The van der Waals surface area contributed by atoms with Crippen molar-refractivity contribution in [3.63, 3.8) is 0 Å². The van der Waals surface area contributed by atoms with Gasteiger partial charge in [0.2, 0.25) is 0 Å². The Morgan fingerprint density at radius 3 is 2.56 bits per heavy atom. The summed E-state index contributed by atoms with van der Waals surface area (Å²) in [5, 5.41) is 8.24. The van der Waals surface area contributed by atoms with Gasteiger partial charge in [-0.3, -0.25) is 4.98 Å². The molecule has 3 rings (SSSR count). The number of hydrogen-bond acceptors (Lipinski definition) is 4. The first-order valence-electron chi connectivity index (χ1n) is 8.16. The van der Waals surface area contributed by atoms with Crippen LogP contribution in [0.3, 0.4) is 0 Å². The zero-order valence-electron chi connectivity index (χ0n) is 14.5. The van der Waals surface area contributed by atoms with Crippen molar-refractivity contribution >= 4 is 11.7 Å². The van der Waals surface area contributed by atoms with E-state index in [0.29, 0.717) is 18.5 Å². The number of aromatic nitrogens is 1. The molecule has 9 heteroatoms. The zero-order chi connectivity index (χ0) is 19.4. The Bertz CT molecular complexity index is 833. The highest BCUT2D eigenvalue weighted by atomic mass is 19.4. The molecule has 6 nitrogen and oxygen atoms in total. The van der Waals surface area contributed by atoms with E-state index in [1.54, 1.807) is 7.11 Å². The van der Waals surface area contributed by atoms with Crippen LogP contribution < -0.4 is 10.1 Å². The lowest BCUT2D eigenvalue weighted by atomic mass is 10.1. The van der Waals surface area contributed by atoms with E-state index in [2.05, 4.69) is 15.4 Å². The van der Waals surface area contributed by atoms with Crippen molar-refractivity contribution in [2.45, 2.75) is 19.1 Å². The summed E-state index contributed by atoms with van der Waals surface area (Å²) in [4.78, 5) is 15.6. The second-order valence-electron chi connectivity index (χ2n) is 5.86. The molecule has 0 unspecified atom stereocenters. The summed E-state index contributed by atoms with van der Waals surface area (Å²) < 4.78 is 42.6. The van der Waals surface area contributed by atoms with Gasteiger partial charge in [-0.05, 0) is 41.5 Å². The highest BCUT2D eigenvalue weighted by Crippen LogP contribution is 2.27. The van der Waals surface area contributed by atoms with E-state index in [1.807, 2.05) is 24.3 Å². The smallest absolute Gasteiger partial charge is 0.433 e. The van der Waals surface area contributed by atoms with Crippen LogP contribution in [-0.2, 0) is 12.7 Å². The van der Waals surface area contributed by atoms with Crippen molar-refractivity contribution in [2.75, 3.05) is 13.7 Å². The summed E-state index contributed by atoms with van der Waals surface area (Å²) in [6.07, 6.45) is -2.77. The predicted molar refractivity (Wildman–Crippen MR) is 92.3 cm³/mol.